The molecule has 9 heteroatoms. The van der Waals surface area contributed by atoms with Gasteiger partial charge in [0.1, 0.15) is 29.8 Å². The molecule has 208 valence electrons. The van der Waals surface area contributed by atoms with Crippen LogP contribution in [0.1, 0.15) is 55.6 Å². The molecule has 9 rings (SSSR count). The molecule has 5 fully saturated rings. The van der Waals surface area contributed by atoms with E-state index in [0.717, 1.165) is 57.3 Å². The van der Waals surface area contributed by atoms with Crippen LogP contribution in [0.15, 0.2) is 24.4 Å². The lowest BCUT2D eigenvalue weighted by Gasteiger charge is -2.34. The minimum atomic E-state index is -0.835. The zero-order valence-corrected chi connectivity index (χ0v) is 22.6. The number of benzene rings is 1. The van der Waals surface area contributed by atoms with Crippen molar-refractivity contribution in [1.82, 2.24) is 25.2 Å². The van der Waals surface area contributed by atoms with Crippen molar-refractivity contribution in [2.45, 2.75) is 74.7 Å². The summed E-state index contributed by atoms with van der Waals surface area (Å²) in [4.78, 5) is 18.7. The summed E-state index contributed by atoms with van der Waals surface area (Å²) in [6.07, 6.45) is 7.84. The van der Waals surface area contributed by atoms with Crippen LogP contribution in [0.4, 0.5) is 14.6 Å². The highest BCUT2D eigenvalue weighted by Crippen LogP contribution is 2.57. The second-order valence-electron chi connectivity index (χ2n) is 13.1. The molecule has 5 unspecified atom stereocenters. The topological polar surface area (TPSA) is 66.4 Å². The van der Waals surface area contributed by atoms with Crippen molar-refractivity contribution in [3.63, 3.8) is 0 Å². The first kappa shape index (κ1) is 23.8. The fraction of sp³-hybridized carbons (Fsp3) is 0.581. The maximum absolute atomic E-state index is 16.5. The SMILES string of the molecule is Fc1c(-c2cccc3c2CC2CC32)ncc2c(N3CC4CCC(C3)N4)nc(OCC34CCCN3C[C@H](F)C4)nc12. The molecule has 0 spiro atoms. The predicted octanol–water partition coefficient (Wildman–Crippen LogP) is 4.39. The molecule has 0 amide bonds. The average Bonchev–Trinajstić information content (AvgIpc) is 3.18. The largest absolute Gasteiger partial charge is 0.461 e. The monoisotopic (exact) mass is 544 g/mol. The molecule has 2 bridgehead atoms. The van der Waals surface area contributed by atoms with Gasteiger partial charge in [0.25, 0.3) is 0 Å². The van der Waals surface area contributed by atoms with Gasteiger partial charge in [0.2, 0.25) is 0 Å². The lowest BCUT2D eigenvalue weighted by atomic mass is 9.95. The van der Waals surface area contributed by atoms with E-state index in [1.807, 2.05) is 12.1 Å². The van der Waals surface area contributed by atoms with Gasteiger partial charge < -0.3 is 15.0 Å². The van der Waals surface area contributed by atoms with Gasteiger partial charge in [-0.05, 0) is 68.0 Å². The van der Waals surface area contributed by atoms with Gasteiger partial charge >= 0.3 is 6.01 Å². The van der Waals surface area contributed by atoms with Crippen molar-refractivity contribution in [1.29, 1.82) is 0 Å². The Hall–Kier alpha value is -2.91. The highest BCUT2D eigenvalue weighted by Gasteiger charge is 2.49. The molecule has 6 atom stereocenters. The zero-order chi connectivity index (χ0) is 26.6. The number of pyridine rings is 1. The van der Waals surface area contributed by atoms with E-state index in [-0.39, 0.29) is 17.1 Å². The predicted molar refractivity (Wildman–Crippen MR) is 148 cm³/mol. The second-order valence-corrected chi connectivity index (χ2v) is 13.1. The molecular weight excluding hydrogens is 510 g/mol. The van der Waals surface area contributed by atoms with Gasteiger partial charge in [-0.2, -0.15) is 9.97 Å². The van der Waals surface area contributed by atoms with Crippen molar-refractivity contribution < 1.29 is 13.5 Å². The summed E-state index contributed by atoms with van der Waals surface area (Å²) in [6.45, 7) is 3.29. The summed E-state index contributed by atoms with van der Waals surface area (Å²) in [6, 6.07) is 7.19. The first-order valence-corrected chi connectivity index (χ1v) is 15.1. The molecule has 7 nitrogen and oxygen atoms in total. The molecule has 40 heavy (non-hydrogen) atoms. The van der Waals surface area contributed by atoms with Crippen LogP contribution < -0.4 is 15.0 Å². The number of aromatic nitrogens is 3. The van der Waals surface area contributed by atoms with Gasteiger partial charge in [-0.3, -0.25) is 9.88 Å². The summed E-state index contributed by atoms with van der Waals surface area (Å²) in [5.74, 6) is 1.60. The molecule has 1 saturated carbocycles. The highest BCUT2D eigenvalue weighted by atomic mass is 19.1. The first-order valence-electron chi connectivity index (χ1n) is 15.1. The Kier molecular flexibility index (Phi) is 5.08. The second kappa shape index (κ2) is 8.55. The lowest BCUT2D eigenvalue weighted by Crippen LogP contribution is -2.51. The molecule has 3 aromatic rings. The van der Waals surface area contributed by atoms with Crippen molar-refractivity contribution in [2.24, 2.45) is 5.92 Å². The summed E-state index contributed by atoms with van der Waals surface area (Å²) in [5, 5.41) is 4.29. The van der Waals surface area contributed by atoms with Gasteiger partial charge in [0.05, 0.1) is 10.9 Å². The Bertz CT molecular complexity index is 1520. The molecule has 4 saturated heterocycles. The zero-order valence-electron chi connectivity index (χ0n) is 22.6. The van der Waals surface area contributed by atoms with E-state index >= 15 is 4.39 Å². The van der Waals surface area contributed by atoms with Gasteiger partial charge in [-0.25, -0.2) is 8.78 Å². The molecule has 0 radical (unpaired) electrons. The number of nitrogens with one attached hydrogen (secondary N) is 1. The average molecular weight is 545 g/mol. The normalized spacial score (nSPS) is 33.9. The van der Waals surface area contributed by atoms with Crippen molar-refractivity contribution in [2.75, 3.05) is 37.7 Å². The molecule has 2 aliphatic carbocycles. The number of ether oxygens (including phenoxy) is 1. The van der Waals surface area contributed by atoms with E-state index in [9.17, 15) is 4.39 Å². The van der Waals surface area contributed by atoms with Crippen molar-refractivity contribution in [3.8, 4) is 17.3 Å². The van der Waals surface area contributed by atoms with Crippen LogP contribution in [0.2, 0.25) is 0 Å². The van der Waals surface area contributed by atoms with E-state index < -0.39 is 12.0 Å². The van der Waals surface area contributed by atoms with Crippen molar-refractivity contribution >= 4 is 16.7 Å². The molecule has 2 aromatic heterocycles. The number of halogens is 2. The lowest BCUT2D eigenvalue weighted by molar-refractivity contribution is 0.107. The highest BCUT2D eigenvalue weighted by molar-refractivity contribution is 5.92. The summed E-state index contributed by atoms with van der Waals surface area (Å²) in [7, 11) is 0. The third-order valence-corrected chi connectivity index (χ3v) is 10.6. The molecule has 4 aliphatic heterocycles. The fourth-order valence-electron chi connectivity index (χ4n) is 8.65. The number of hydrogen-bond donors (Lipinski definition) is 1. The standard InChI is InChI=1S/C31H34F2N6O/c32-18-11-31(7-2-8-39(31)13-18)16-40-30-36-28-25(29(37-30)38-14-19-5-6-20(15-38)35-19)12-34-27(26(28)33)22-4-1-3-21-23-9-17(23)10-24(21)22/h1,3-4,12,17-20,23,35H,2,5-11,13-16H2/t17?,18-,19?,20?,23?,31?/m1/s1. The maximum atomic E-state index is 16.5. The Labute approximate surface area is 232 Å². The minimum absolute atomic E-state index is 0.174. The Morgan fingerprint density at radius 1 is 1.12 bits per heavy atom. The molecule has 1 N–H and O–H groups in total. The Morgan fingerprint density at radius 2 is 2.00 bits per heavy atom. The summed E-state index contributed by atoms with van der Waals surface area (Å²) < 4.78 is 37.2. The Balaban J connectivity index is 1.14. The van der Waals surface area contributed by atoms with E-state index in [2.05, 4.69) is 26.2 Å². The van der Waals surface area contributed by atoms with Crippen LogP contribution in [-0.4, -0.2) is 76.4 Å². The van der Waals surface area contributed by atoms with Gasteiger partial charge in [0.15, 0.2) is 5.82 Å². The van der Waals surface area contributed by atoms with Gasteiger partial charge in [-0.15, -0.1) is 0 Å². The number of hydrogen-bond acceptors (Lipinski definition) is 7. The number of rotatable bonds is 5. The van der Waals surface area contributed by atoms with E-state index in [0.29, 0.717) is 60.4 Å². The fourth-order valence-corrected chi connectivity index (χ4v) is 8.65. The minimum Gasteiger partial charge on any atom is -0.461 e. The smallest absolute Gasteiger partial charge is 0.319 e. The number of anilines is 1. The maximum Gasteiger partial charge on any atom is 0.319 e. The van der Waals surface area contributed by atoms with E-state index in [4.69, 9.17) is 14.7 Å². The van der Waals surface area contributed by atoms with E-state index in [1.54, 1.807) is 6.20 Å². The van der Waals surface area contributed by atoms with Crippen molar-refractivity contribution in [3.05, 3.63) is 41.3 Å². The van der Waals surface area contributed by atoms with Crippen LogP contribution in [0.25, 0.3) is 22.2 Å². The molecule has 6 heterocycles. The van der Waals surface area contributed by atoms with Gasteiger partial charge in [0, 0.05) is 49.9 Å². The number of nitrogens with zero attached hydrogens (tertiary/aromatic N) is 5. The van der Waals surface area contributed by atoms with Gasteiger partial charge in [-0.1, -0.05) is 18.2 Å². The van der Waals surface area contributed by atoms with Crippen LogP contribution in [0.5, 0.6) is 6.01 Å². The van der Waals surface area contributed by atoms with Crippen LogP contribution in [0.3, 0.4) is 0 Å². The molecule has 6 aliphatic rings. The quantitative estimate of drug-likeness (QED) is 0.511. The Morgan fingerprint density at radius 3 is 2.88 bits per heavy atom. The number of fused-ring (bicyclic) bond motifs is 7. The number of piperazine rings is 1. The third kappa shape index (κ3) is 3.56. The third-order valence-electron chi connectivity index (χ3n) is 10.6. The summed E-state index contributed by atoms with van der Waals surface area (Å²) >= 11 is 0. The van der Waals surface area contributed by atoms with Crippen LogP contribution >= 0.6 is 0 Å². The van der Waals surface area contributed by atoms with E-state index in [1.165, 1.54) is 17.5 Å². The van der Waals surface area contributed by atoms with Crippen LogP contribution in [0, 0.1) is 11.7 Å². The molecule has 1 aromatic carbocycles. The first-order chi connectivity index (χ1) is 19.5. The summed E-state index contributed by atoms with van der Waals surface area (Å²) in [5.41, 5.74) is 3.77. The number of alkyl halides is 1. The van der Waals surface area contributed by atoms with Crippen LogP contribution in [-0.2, 0) is 6.42 Å². The molecular formula is C31H34F2N6O.